The van der Waals surface area contributed by atoms with Crippen LogP contribution in [0.5, 0.6) is 5.75 Å². The maximum absolute atomic E-state index is 12.3. The predicted molar refractivity (Wildman–Crippen MR) is 89.3 cm³/mol. The zero-order valence-corrected chi connectivity index (χ0v) is 13.8. The summed E-state index contributed by atoms with van der Waals surface area (Å²) in [5.74, 6) is 0.614. The number of amides is 2. The summed E-state index contributed by atoms with van der Waals surface area (Å²) >= 11 is 0. The lowest BCUT2D eigenvalue weighted by Crippen LogP contribution is -2.50. The predicted octanol–water partition coefficient (Wildman–Crippen LogP) is 2.12. The van der Waals surface area contributed by atoms with E-state index in [1.54, 1.807) is 30.5 Å². The molecular weight excluding hydrogens is 308 g/mol. The lowest BCUT2D eigenvalue weighted by Gasteiger charge is -2.21. The molecule has 0 bridgehead atoms. The Morgan fingerprint density at radius 2 is 1.88 bits per heavy atom. The van der Waals surface area contributed by atoms with Crippen molar-refractivity contribution in [3.05, 3.63) is 54.5 Å². The largest absolute Gasteiger partial charge is 0.484 e. The number of rotatable bonds is 8. The van der Waals surface area contributed by atoms with Crippen LogP contribution < -0.4 is 15.4 Å². The standard InChI is InChI=1S/C18H22N2O4/c1-13(2)17(18(22)19-11-15-9-6-10-23-15)20-16(21)12-24-14-7-4-3-5-8-14/h3-10,13,17H,11-12H2,1-2H3,(H,19,22)(H,20,21). The molecule has 0 radical (unpaired) electrons. The van der Waals surface area contributed by atoms with Crippen molar-refractivity contribution in [2.75, 3.05) is 6.61 Å². The first-order valence-corrected chi connectivity index (χ1v) is 7.83. The number of carbonyl (C=O) groups excluding carboxylic acids is 2. The molecule has 2 N–H and O–H groups in total. The average Bonchev–Trinajstić information content (AvgIpc) is 3.10. The van der Waals surface area contributed by atoms with Crippen LogP contribution >= 0.6 is 0 Å². The summed E-state index contributed by atoms with van der Waals surface area (Å²) < 4.78 is 10.6. The number of nitrogens with one attached hydrogen (secondary N) is 2. The van der Waals surface area contributed by atoms with E-state index >= 15 is 0 Å². The van der Waals surface area contributed by atoms with Gasteiger partial charge in [0, 0.05) is 0 Å². The highest BCUT2D eigenvalue weighted by Gasteiger charge is 2.24. The number of para-hydroxylation sites is 1. The summed E-state index contributed by atoms with van der Waals surface area (Å²) in [6.07, 6.45) is 1.55. The highest BCUT2D eigenvalue weighted by atomic mass is 16.5. The Balaban J connectivity index is 1.83. The van der Waals surface area contributed by atoms with Crippen LogP contribution in [-0.4, -0.2) is 24.5 Å². The molecule has 0 fully saturated rings. The fourth-order valence-electron chi connectivity index (χ4n) is 2.11. The highest BCUT2D eigenvalue weighted by Crippen LogP contribution is 2.08. The fraction of sp³-hybridized carbons (Fsp3) is 0.333. The molecule has 6 heteroatoms. The molecule has 2 aromatic rings. The van der Waals surface area contributed by atoms with Crippen molar-refractivity contribution >= 4 is 11.8 Å². The van der Waals surface area contributed by atoms with Crippen molar-refractivity contribution < 1.29 is 18.7 Å². The second-order valence-electron chi connectivity index (χ2n) is 5.69. The first-order chi connectivity index (χ1) is 11.6. The summed E-state index contributed by atoms with van der Waals surface area (Å²) in [4.78, 5) is 24.3. The Morgan fingerprint density at radius 1 is 1.12 bits per heavy atom. The summed E-state index contributed by atoms with van der Waals surface area (Å²) in [7, 11) is 0. The molecule has 1 aromatic heterocycles. The molecule has 0 saturated carbocycles. The molecule has 0 saturated heterocycles. The van der Waals surface area contributed by atoms with Crippen LogP contribution in [-0.2, 0) is 16.1 Å². The SMILES string of the molecule is CC(C)C(NC(=O)COc1ccccc1)C(=O)NCc1ccco1. The Labute approximate surface area is 141 Å². The topological polar surface area (TPSA) is 80.6 Å². The van der Waals surface area contributed by atoms with Crippen molar-refractivity contribution in [3.63, 3.8) is 0 Å². The minimum atomic E-state index is -0.633. The zero-order chi connectivity index (χ0) is 17.4. The van der Waals surface area contributed by atoms with E-state index in [-0.39, 0.29) is 30.9 Å². The lowest BCUT2D eigenvalue weighted by atomic mass is 10.0. The van der Waals surface area contributed by atoms with E-state index in [1.165, 1.54) is 0 Å². The maximum atomic E-state index is 12.3. The Morgan fingerprint density at radius 3 is 2.50 bits per heavy atom. The van der Waals surface area contributed by atoms with Gasteiger partial charge in [-0.1, -0.05) is 32.0 Å². The van der Waals surface area contributed by atoms with Crippen LogP contribution in [0.2, 0.25) is 0 Å². The van der Waals surface area contributed by atoms with Crippen LogP contribution in [0, 0.1) is 5.92 Å². The van der Waals surface area contributed by atoms with Crippen molar-refractivity contribution in [2.45, 2.75) is 26.4 Å². The van der Waals surface area contributed by atoms with E-state index in [9.17, 15) is 9.59 Å². The van der Waals surface area contributed by atoms with Gasteiger partial charge >= 0.3 is 0 Å². The van der Waals surface area contributed by atoms with Crippen LogP contribution in [0.15, 0.2) is 53.1 Å². The van der Waals surface area contributed by atoms with Crippen LogP contribution in [0.3, 0.4) is 0 Å². The minimum Gasteiger partial charge on any atom is -0.484 e. The normalized spacial score (nSPS) is 11.8. The van der Waals surface area contributed by atoms with Gasteiger partial charge in [-0.15, -0.1) is 0 Å². The van der Waals surface area contributed by atoms with Gasteiger partial charge in [-0.2, -0.15) is 0 Å². The molecule has 24 heavy (non-hydrogen) atoms. The van der Waals surface area contributed by atoms with Crippen LogP contribution in [0.4, 0.5) is 0 Å². The Kier molecular flexibility index (Phi) is 6.42. The van der Waals surface area contributed by atoms with E-state index in [2.05, 4.69) is 10.6 Å². The molecular formula is C18H22N2O4. The minimum absolute atomic E-state index is 0.0534. The molecule has 1 atom stereocenters. The Hall–Kier alpha value is -2.76. The number of furan rings is 1. The molecule has 0 aliphatic heterocycles. The second kappa shape index (κ2) is 8.76. The average molecular weight is 330 g/mol. The third-order valence-corrected chi connectivity index (χ3v) is 3.40. The molecule has 1 aromatic carbocycles. The third kappa shape index (κ3) is 5.46. The van der Waals surface area contributed by atoms with E-state index in [0.717, 1.165) is 0 Å². The van der Waals surface area contributed by atoms with Gasteiger partial charge in [-0.25, -0.2) is 0 Å². The molecule has 128 valence electrons. The van der Waals surface area contributed by atoms with Gasteiger partial charge in [-0.05, 0) is 30.2 Å². The summed E-state index contributed by atoms with van der Waals surface area (Å²) in [6.45, 7) is 3.88. The molecule has 0 aliphatic carbocycles. The van der Waals surface area contributed by atoms with Crippen molar-refractivity contribution in [3.8, 4) is 5.75 Å². The molecule has 2 rings (SSSR count). The van der Waals surface area contributed by atoms with Crippen molar-refractivity contribution in [2.24, 2.45) is 5.92 Å². The van der Waals surface area contributed by atoms with Gasteiger partial charge in [0.25, 0.3) is 5.91 Å². The summed E-state index contributed by atoms with van der Waals surface area (Å²) in [5.41, 5.74) is 0. The molecule has 1 heterocycles. The Bertz CT molecular complexity index is 638. The van der Waals surface area contributed by atoms with E-state index in [4.69, 9.17) is 9.15 Å². The lowest BCUT2D eigenvalue weighted by molar-refractivity contribution is -0.131. The first kappa shape index (κ1) is 17.6. The van der Waals surface area contributed by atoms with Crippen LogP contribution in [0.25, 0.3) is 0 Å². The quantitative estimate of drug-likeness (QED) is 0.777. The molecule has 0 aliphatic rings. The van der Waals surface area contributed by atoms with Crippen LogP contribution in [0.1, 0.15) is 19.6 Å². The van der Waals surface area contributed by atoms with Gasteiger partial charge in [0.15, 0.2) is 6.61 Å². The van der Waals surface area contributed by atoms with E-state index in [1.807, 2.05) is 32.0 Å². The molecule has 0 spiro atoms. The summed E-state index contributed by atoms with van der Waals surface area (Å²) in [6, 6.07) is 11.9. The zero-order valence-electron chi connectivity index (χ0n) is 13.8. The number of carbonyl (C=O) groups is 2. The molecule has 6 nitrogen and oxygen atoms in total. The number of benzene rings is 1. The van der Waals surface area contributed by atoms with E-state index < -0.39 is 6.04 Å². The van der Waals surface area contributed by atoms with Gasteiger partial charge in [0.1, 0.15) is 17.6 Å². The van der Waals surface area contributed by atoms with E-state index in [0.29, 0.717) is 11.5 Å². The van der Waals surface area contributed by atoms with Gasteiger partial charge in [0.05, 0.1) is 12.8 Å². The van der Waals surface area contributed by atoms with Crippen molar-refractivity contribution in [1.82, 2.24) is 10.6 Å². The monoisotopic (exact) mass is 330 g/mol. The highest BCUT2D eigenvalue weighted by molar-refractivity contribution is 5.88. The summed E-state index contributed by atoms with van der Waals surface area (Å²) in [5, 5.41) is 5.47. The van der Waals surface area contributed by atoms with Gasteiger partial charge < -0.3 is 19.8 Å². The first-order valence-electron chi connectivity index (χ1n) is 7.83. The molecule has 1 unspecified atom stereocenters. The number of hydrogen-bond donors (Lipinski definition) is 2. The fourth-order valence-corrected chi connectivity index (χ4v) is 2.11. The number of hydrogen-bond acceptors (Lipinski definition) is 4. The second-order valence-corrected chi connectivity index (χ2v) is 5.69. The molecule has 2 amide bonds. The number of ether oxygens (including phenoxy) is 1. The maximum Gasteiger partial charge on any atom is 0.258 e. The van der Waals surface area contributed by atoms with Gasteiger partial charge in [-0.3, -0.25) is 9.59 Å². The third-order valence-electron chi connectivity index (χ3n) is 3.40. The van der Waals surface area contributed by atoms with Crippen molar-refractivity contribution in [1.29, 1.82) is 0 Å². The van der Waals surface area contributed by atoms with Gasteiger partial charge in [0.2, 0.25) is 5.91 Å². The smallest absolute Gasteiger partial charge is 0.258 e.